The van der Waals surface area contributed by atoms with E-state index in [1.807, 2.05) is 0 Å². The number of fused-ring (bicyclic) bond motifs is 2. The van der Waals surface area contributed by atoms with E-state index in [1.165, 1.54) is 23.1 Å². The smallest absolute Gasteiger partial charge is 0.395 e. The maximum Gasteiger partial charge on any atom is 0.586 e. The van der Waals surface area contributed by atoms with Crippen LogP contribution in [-0.2, 0) is 4.79 Å². The molecule has 0 atom stereocenters. The van der Waals surface area contributed by atoms with E-state index >= 15 is 0 Å². The molecule has 1 aromatic heterocycles. The fraction of sp³-hybridized carbons (Fsp3) is 0.450. The number of hydrogen-bond donors (Lipinski definition) is 2. The third-order valence-electron chi connectivity index (χ3n) is 5.92. The van der Waals surface area contributed by atoms with E-state index in [4.69, 9.17) is 0 Å². The highest BCUT2D eigenvalue weighted by atomic mass is 19.3. The van der Waals surface area contributed by atoms with E-state index in [0.29, 0.717) is 17.7 Å². The monoisotopic (exact) mass is 469 g/mol. The van der Waals surface area contributed by atoms with Crippen LogP contribution in [0.5, 0.6) is 11.5 Å². The summed E-state index contributed by atoms with van der Waals surface area (Å²) in [5.74, 6) is -6.04. The van der Waals surface area contributed by atoms with E-state index in [9.17, 15) is 27.2 Å². The van der Waals surface area contributed by atoms with Crippen molar-refractivity contribution in [1.82, 2.24) is 9.97 Å². The number of H-pyrrole nitrogens is 1. The number of para-hydroxylation sites is 1. The number of ether oxygens (including phenoxy) is 2. The summed E-state index contributed by atoms with van der Waals surface area (Å²) in [6.45, 7) is -0.923. The number of alkyl halides is 4. The van der Waals surface area contributed by atoms with Crippen LogP contribution in [0, 0.1) is 0 Å². The Morgan fingerprint density at radius 1 is 1.15 bits per heavy atom. The quantitative estimate of drug-likeness (QED) is 0.666. The minimum atomic E-state index is -3.86. The SMILES string of the molecule is CN1C(=O)C(F)(F)CN(C2CCCC2)c2nc(Nc3cccc4c3OC(F)(F)O4)[nH]c(=O)c21. The van der Waals surface area contributed by atoms with Gasteiger partial charge in [-0.3, -0.25) is 14.6 Å². The summed E-state index contributed by atoms with van der Waals surface area (Å²) in [7, 11) is 1.09. The lowest BCUT2D eigenvalue weighted by atomic mass is 10.2. The summed E-state index contributed by atoms with van der Waals surface area (Å²) < 4.78 is 65.3. The van der Waals surface area contributed by atoms with Gasteiger partial charge in [-0.25, -0.2) is 0 Å². The Labute approximate surface area is 184 Å². The van der Waals surface area contributed by atoms with Gasteiger partial charge < -0.3 is 24.6 Å². The molecule has 2 N–H and O–H groups in total. The Morgan fingerprint density at radius 2 is 1.88 bits per heavy atom. The van der Waals surface area contributed by atoms with Crippen molar-refractivity contribution in [2.45, 2.75) is 43.9 Å². The van der Waals surface area contributed by atoms with Crippen molar-refractivity contribution in [2.75, 3.05) is 28.7 Å². The van der Waals surface area contributed by atoms with E-state index in [1.54, 1.807) is 0 Å². The molecule has 1 aromatic carbocycles. The highest BCUT2D eigenvalue weighted by Gasteiger charge is 2.49. The van der Waals surface area contributed by atoms with Crippen LogP contribution in [0.4, 0.5) is 40.7 Å². The summed E-state index contributed by atoms with van der Waals surface area (Å²) in [4.78, 5) is 33.9. The highest BCUT2D eigenvalue weighted by molar-refractivity contribution is 6.02. The average Bonchev–Trinajstić information content (AvgIpc) is 3.36. The lowest BCUT2D eigenvalue weighted by Gasteiger charge is -2.31. The fourth-order valence-electron chi connectivity index (χ4n) is 4.43. The molecule has 1 saturated carbocycles. The van der Waals surface area contributed by atoms with Crippen LogP contribution in [-0.4, -0.2) is 47.7 Å². The zero-order valence-electron chi connectivity index (χ0n) is 17.3. The maximum absolute atomic E-state index is 14.7. The number of benzene rings is 1. The van der Waals surface area contributed by atoms with Crippen LogP contribution >= 0.6 is 0 Å². The molecule has 0 bridgehead atoms. The molecule has 0 saturated heterocycles. The van der Waals surface area contributed by atoms with E-state index in [2.05, 4.69) is 24.8 Å². The molecule has 2 aliphatic heterocycles. The van der Waals surface area contributed by atoms with Gasteiger partial charge in [0.25, 0.3) is 11.5 Å². The Bertz CT molecular complexity index is 1180. The maximum atomic E-state index is 14.7. The number of rotatable bonds is 3. The van der Waals surface area contributed by atoms with E-state index in [0.717, 1.165) is 19.9 Å². The molecule has 1 amide bonds. The zero-order chi connectivity index (χ0) is 23.5. The first-order valence-corrected chi connectivity index (χ1v) is 10.3. The Hall–Kier alpha value is -3.51. The van der Waals surface area contributed by atoms with Gasteiger partial charge in [0.15, 0.2) is 23.0 Å². The predicted octanol–water partition coefficient (Wildman–Crippen LogP) is 3.20. The molecule has 2 aromatic rings. The van der Waals surface area contributed by atoms with E-state index < -0.39 is 30.2 Å². The second-order valence-electron chi connectivity index (χ2n) is 8.15. The molecule has 33 heavy (non-hydrogen) atoms. The minimum absolute atomic E-state index is 0.0172. The molecular formula is C20H19F4N5O4. The number of carbonyl (C=O) groups is 1. The topological polar surface area (TPSA) is 99.8 Å². The standard InChI is InChI=1S/C20H19F4N5O4/c1-28-13-15(29(10-5-2-3-6-10)9-19(21,22)17(28)31)26-18(27-16(13)30)25-11-7-4-8-12-14(11)33-20(23,24)32-12/h4,7-8,10H,2-3,5-6,9H2,1H3,(H2,25,26,27,30). The minimum Gasteiger partial charge on any atom is -0.395 e. The second kappa shape index (κ2) is 7.25. The van der Waals surface area contributed by atoms with Crippen molar-refractivity contribution < 1.29 is 31.8 Å². The van der Waals surface area contributed by atoms with Gasteiger partial charge >= 0.3 is 12.2 Å². The van der Waals surface area contributed by atoms with E-state index in [-0.39, 0.29) is 40.7 Å². The number of halogens is 4. The first kappa shape index (κ1) is 21.3. The van der Waals surface area contributed by atoms with Gasteiger partial charge in [-0.15, -0.1) is 8.78 Å². The molecule has 1 aliphatic carbocycles. The molecule has 9 nitrogen and oxygen atoms in total. The van der Waals surface area contributed by atoms with Crippen LogP contribution in [0.15, 0.2) is 23.0 Å². The van der Waals surface area contributed by atoms with Crippen LogP contribution in [0.25, 0.3) is 0 Å². The van der Waals surface area contributed by atoms with Gasteiger partial charge in [0.2, 0.25) is 5.95 Å². The summed E-state index contributed by atoms with van der Waals surface area (Å²) in [5.41, 5.74) is -1.13. The van der Waals surface area contributed by atoms with Crippen molar-refractivity contribution in [3.8, 4) is 11.5 Å². The third-order valence-corrected chi connectivity index (χ3v) is 5.92. The summed E-state index contributed by atoms with van der Waals surface area (Å²) in [6.07, 6.45) is -0.999. The lowest BCUT2D eigenvalue weighted by molar-refractivity contribution is -0.286. The number of aromatic amines is 1. The molecule has 3 aliphatic rings. The summed E-state index contributed by atoms with van der Waals surface area (Å²) in [6, 6.07) is 3.77. The van der Waals surface area contributed by atoms with Crippen LogP contribution in [0.2, 0.25) is 0 Å². The van der Waals surface area contributed by atoms with Crippen LogP contribution in [0.1, 0.15) is 25.7 Å². The number of anilines is 4. The van der Waals surface area contributed by atoms with Crippen molar-refractivity contribution in [1.29, 1.82) is 0 Å². The van der Waals surface area contributed by atoms with Gasteiger partial charge in [-0.05, 0) is 25.0 Å². The molecule has 3 heterocycles. The van der Waals surface area contributed by atoms with Gasteiger partial charge in [-0.1, -0.05) is 18.9 Å². The van der Waals surface area contributed by atoms with Gasteiger partial charge in [-0.2, -0.15) is 13.8 Å². The van der Waals surface area contributed by atoms with Crippen LogP contribution in [0.3, 0.4) is 0 Å². The molecule has 176 valence electrons. The van der Waals surface area contributed by atoms with Crippen LogP contribution < -0.4 is 30.1 Å². The highest BCUT2D eigenvalue weighted by Crippen LogP contribution is 2.46. The average molecular weight is 469 g/mol. The largest absolute Gasteiger partial charge is 0.586 e. The molecule has 5 rings (SSSR count). The molecule has 13 heteroatoms. The number of aromatic nitrogens is 2. The normalized spacial score (nSPS) is 21.2. The molecular weight excluding hydrogens is 450 g/mol. The number of nitrogens with one attached hydrogen (secondary N) is 2. The van der Waals surface area contributed by atoms with Crippen molar-refractivity contribution in [3.05, 3.63) is 28.6 Å². The molecule has 0 spiro atoms. The lowest BCUT2D eigenvalue weighted by Crippen LogP contribution is -2.48. The van der Waals surface area contributed by atoms with Gasteiger partial charge in [0, 0.05) is 13.1 Å². The number of carbonyl (C=O) groups excluding carboxylic acids is 1. The molecule has 1 fully saturated rings. The Balaban J connectivity index is 1.59. The Morgan fingerprint density at radius 3 is 2.61 bits per heavy atom. The number of nitrogens with zero attached hydrogens (tertiary/aromatic N) is 3. The van der Waals surface area contributed by atoms with Crippen molar-refractivity contribution >= 4 is 29.0 Å². The fourth-order valence-corrected chi connectivity index (χ4v) is 4.43. The summed E-state index contributed by atoms with van der Waals surface area (Å²) >= 11 is 0. The van der Waals surface area contributed by atoms with Gasteiger partial charge in [0.05, 0.1) is 12.2 Å². The van der Waals surface area contributed by atoms with Crippen molar-refractivity contribution in [3.63, 3.8) is 0 Å². The van der Waals surface area contributed by atoms with Crippen molar-refractivity contribution in [2.24, 2.45) is 0 Å². The van der Waals surface area contributed by atoms with Gasteiger partial charge in [0.1, 0.15) is 0 Å². The second-order valence-corrected chi connectivity index (χ2v) is 8.15. The summed E-state index contributed by atoms with van der Waals surface area (Å²) in [5, 5.41) is 2.69. The third kappa shape index (κ3) is 3.60. The molecule has 0 radical (unpaired) electrons. The first-order chi connectivity index (χ1) is 15.6. The first-order valence-electron chi connectivity index (χ1n) is 10.3. The number of hydrogen-bond acceptors (Lipinski definition) is 7. The number of amides is 1. The zero-order valence-corrected chi connectivity index (χ0v) is 17.3. The Kier molecular flexibility index (Phi) is 4.69. The predicted molar refractivity (Wildman–Crippen MR) is 109 cm³/mol. The molecule has 0 unspecified atom stereocenters.